The molecule has 1 unspecified atom stereocenters. The van der Waals surface area contributed by atoms with Gasteiger partial charge in [0.2, 0.25) is 0 Å². The first kappa shape index (κ1) is 13.1. The van der Waals surface area contributed by atoms with E-state index in [4.69, 9.17) is 11.1 Å². The number of aromatic nitrogens is 2. The summed E-state index contributed by atoms with van der Waals surface area (Å²) in [7, 11) is 1.90. The molecule has 0 bridgehead atoms. The van der Waals surface area contributed by atoms with Crippen LogP contribution in [0.3, 0.4) is 0 Å². The summed E-state index contributed by atoms with van der Waals surface area (Å²) in [5.74, 6) is 1.81. The smallest absolute Gasteiger partial charge is 0.127 e. The molecule has 0 amide bonds. The highest BCUT2D eigenvalue weighted by Gasteiger charge is 2.16. The molecule has 0 saturated carbocycles. The van der Waals surface area contributed by atoms with Crippen LogP contribution in [-0.2, 0) is 7.05 Å². The Morgan fingerprint density at radius 1 is 1.62 bits per heavy atom. The standard InChI is InChI=1S/C11H20N4S/c1-5-7(2)6-16-11-9(10(12)13)8(3)14-15(11)4/h7H,5-6H2,1-4H3,(H3,12,13). The predicted octanol–water partition coefficient (Wildman–Crippen LogP) is 2.15. The van der Waals surface area contributed by atoms with Crippen molar-refractivity contribution in [3.05, 3.63) is 11.3 Å². The quantitative estimate of drug-likeness (QED) is 0.471. The van der Waals surface area contributed by atoms with Crippen molar-refractivity contribution in [2.75, 3.05) is 5.75 Å². The minimum Gasteiger partial charge on any atom is -0.384 e. The van der Waals surface area contributed by atoms with Gasteiger partial charge in [0.15, 0.2) is 0 Å². The molecular weight excluding hydrogens is 220 g/mol. The number of nitrogens with zero attached hydrogens (tertiary/aromatic N) is 2. The average Bonchev–Trinajstić information content (AvgIpc) is 2.49. The predicted molar refractivity (Wildman–Crippen MR) is 69.1 cm³/mol. The Balaban J connectivity index is 2.90. The molecule has 0 aliphatic carbocycles. The van der Waals surface area contributed by atoms with Gasteiger partial charge in [0.25, 0.3) is 0 Å². The first-order valence-electron chi connectivity index (χ1n) is 5.48. The molecule has 0 spiro atoms. The minimum absolute atomic E-state index is 0.109. The lowest BCUT2D eigenvalue weighted by Crippen LogP contribution is -2.13. The van der Waals surface area contributed by atoms with E-state index in [0.717, 1.165) is 22.0 Å². The van der Waals surface area contributed by atoms with Crippen LogP contribution in [0.25, 0.3) is 0 Å². The Labute approximate surface area is 101 Å². The second kappa shape index (κ2) is 5.39. The molecule has 1 rings (SSSR count). The van der Waals surface area contributed by atoms with Crippen molar-refractivity contribution in [3.63, 3.8) is 0 Å². The van der Waals surface area contributed by atoms with Crippen LogP contribution >= 0.6 is 11.8 Å². The normalized spacial score (nSPS) is 12.8. The van der Waals surface area contributed by atoms with Gasteiger partial charge in [0, 0.05) is 12.8 Å². The zero-order valence-corrected chi connectivity index (χ0v) is 11.2. The Morgan fingerprint density at radius 3 is 2.75 bits per heavy atom. The van der Waals surface area contributed by atoms with Crippen LogP contribution in [0, 0.1) is 18.3 Å². The second-order valence-corrected chi connectivity index (χ2v) is 5.14. The molecule has 0 saturated heterocycles. The molecule has 1 aromatic rings. The summed E-state index contributed by atoms with van der Waals surface area (Å²) in [5, 5.41) is 12.9. The van der Waals surface area contributed by atoms with Crippen LogP contribution in [0.1, 0.15) is 31.5 Å². The number of nitrogen functional groups attached to an aromatic ring is 1. The summed E-state index contributed by atoms with van der Waals surface area (Å²) < 4.78 is 1.82. The molecule has 1 aromatic heterocycles. The Morgan fingerprint density at radius 2 is 2.25 bits per heavy atom. The molecule has 4 nitrogen and oxygen atoms in total. The monoisotopic (exact) mass is 240 g/mol. The van der Waals surface area contributed by atoms with E-state index in [1.165, 1.54) is 6.42 Å². The summed E-state index contributed by atoms with van der Waals surface area (Å²) in [6, 6.07) is 0. The maximum Gasteiger partial charge on any atom is 0.127 e. The molecule has 90 valence electrons. The molecule has 0 aliphatic rings. The van der Waals surface area contributed by atoms with Crippen molar-refractivity contribution in [1.82, 2.24) is 9.78 Å². The first-order chi connectivity index (χ1) is 7.47. The molecule has 0 aromatic carbocycles. The van der Waals surface area contributed by atoms with Crippen molar-refractivity contribution in [3.8, 4) is 0 Å². The van der Waals surface area contributed by atoms with Gasteiger partial charge in [-0.2, -0.15) is 5.10 Å². The number of nitrogens with two attached hydrogens (primary N) is 1. The minimum atomic E-state index is 0.109. The Kier molecular flexibility index (Phi) is 4.41. The largest absolute Gasteiger partial charge is 0.384 e. The van der Waals surface area contributed by atoms with Crippen LogP contribution in [0.2, 0.25) is 0 Å². The SMILES string of the molecule is CCC(C)CSc1c(C(=N)N)c(C)nn1C. The van der Waals surface area contributed by atoms with Crippen molar-refractivity contribution < 1.29 is 0 Å². The second-order valence-electron chi connectivity index (χ2n) is 4.13. The van der Waals surface area contributed by atoms with E-state index in [-0.39, 0.29) is 5.84 Å². The van der Waals surface area contributed by atoms with E-state index in [1.54, 1.807) is 11.8 Å². The molecule has 5 heteroatoms. The maximum absolute atomic E-state index is 7.57. The highest BCUT2D eigenvalue weighted by atomic mass is 32.2. The lowest BCUT2D eigenvalue weighted by Gasteiger charge is -2.09. The van der Waals surface area contributed by atoms with Crippen LogP contribution in [0.5, 0.6) is 0 Å². The summed E-state index contributed by atoms with van der Waals surface area (Å²) >= 11 is 1.74. The van der Waals surface area contributed by atoms with Crippen molar-refractivity contribution in [2.45, 2.75) is 32.2 Å². The topological polar surface area (TPSA) is 67.7 Å². The Hall–Kier alpha value is -0.970. The highest BCUT2D eigenvalue weighted by Crippen LogP contribution is 2.26. The van der Waals surface area contributed by atoms with Crippen LogP contribution < -0.4 is 5.73 Å². The third kappa shape index (κ3) is 2.78. The van der Waals surface area contributed by atoms with Crippen LogP contribution in [-0.4, -0.2) is 21.4 Å². The van der Waals surface area contributed by atoms with Crippen molar-refractivity contribution in [1.29, 1.82) is 5.41 Å². The number of amidine groups is 1. The molecule has 1 atom stereocenters. The van der Waals surface area contributed by atoms with Crippen molar-refractivity contribution >= 4 is 17.6 Å². The van der Waals surface area contributed by atoms with E-state index in [9.17, 15) is 0 Å². The number of thioether (sulfide) groups is 1. The summed E-state index contributed by atoms with van der Waals surface area (Å²) in [5.41, 5.74) is 7.21. The third-order valence-electron chi connectivity index (χ3n) is 2.64. The number of nitrogens with one attached hydrogen (secondary N) is 1. The summed E-state index contributed by atoms with van der Waals surface area (Å²) in [6.45, 7) is 6.30. The molecule has 3 N–H and O–H groups in total. The zero-order chi connectivity index (χ0) is 12.3. The summed E-state index contributed by atoms with van der Waals surface area (Å²) in [4.78, 5) is 0. The highest BCUT2D eigenvalue weighted by molar-refractivity contribution is 7.99. The molecular formula is C11H20N4S. The van der Waals surface area contributed by atoms with E-state index in [1.807, 2.05) is 18.7 Å². The molecule has 16 heavy (non-hydrogen) atoms. The van der Waals surface area contributed by atoms with Gasteiger partial charge in [-0.15, -0.1) is 11.8 Å². The molecule has 0 radical (unpaired) electrons. The number of rotatable bonds is 5. The zero-order valence-electron chi connectivity index (χ0n) is 10.4. The van der Waals surface area contributed by atoms with E-state index < -0.39 is 0 Å². The van der Waals surface area contributed by atoms with E-state index in [2.05, 4.69) is 18.9 Å². The lowest BCUT2D eigenvalue weighted by molar-refractivity contribution is 0.633. The molecule has 0 aliphatic heterocycles. The fraction of sp³-hybridized carbons (Fsp3) is 0.636. The Bertz CT molecular complexity index is 384. The average molecular weight is 240 g/mol. The maximum atomic E-state index is 7.57. The van der Waals surface area contributed by atoms with E-state index >= 15 is 0 Å². The van der Waals surface area contributed by atoms with Crippen LogP contribution in [0.4, 0.5) is 0 Å². The fourth-order valence-corrected chi connectivity index (χ4v) is 2.76. The number of hydrogen-bond acceptors (Lipinski definition) is 3. The number of hydrogen-bond donors (Lipinski definition) is 2. The van der Waals surface area contributed by atoms with Gasteiger partial charge in [-0.25, -0.2) is 0 Å². The summed E-state index contributed by atoms with van der Waals surface area (Å²) in [6.07, 6.45) is 1.17. The van der Waals surface area contributed by atoms with Gasteiger partial charge in [-0.3, -0.25) is 10.1 Å². The van der Waals surface area contributed by atoms with E-state index in [0.29, 0.717) is 5.92 Å². The fourth-order valence-electron chi connectivity index (χ4n) is 1.45. The third-order valence-corrected chi connectivity index (χ3v) is 4.12. The van der Waals surface area contributed by atoms with Gasteiger partial charge >= 0.3 is 0 Å². The van der Waals surface area contributed by atoms with Gasteiger partial charge in [-0.1, -0.05) is 20.3 Å². The molecule has 0 fully saturated rings. The first-order valence-corrected chi connectivity index (χ1v) is 6.46. The molecule has 1 heterocycles. The van der Waals surface area contributed by atoms with Gasteiger partial charge < -0.3 is 5.73 Å². The number of aryl methyl sites for hydroxylation is 2. The van der Waals surface area contributed by atoms with Gasteiger partial charge in [0.05, 0.1) is 11.3 Å². The van der Waals surface area contributed by atoms with Crippen LogP contribution in [0.15, 0.2) is 5.03 Å². The van der Waals surface area contributed by atoms with Gasteiger partial charge in [0.1, 0.15) is 10.9 Å². The van der Waals surface area contributed by atoms with Gasteiger partial charge in [-0.05, 0) is 12.8 Å². The lowest BCUT2D eigenvalue weighted by atomic mass is 10.2. The van der Waals surface area contributed by atoms with Crippen molar-refractivity contribution in [2.24, 2.45) is 18.7 Å².